The minimum atomic E-state index is -3.89. The summed E-state index contributed by atoms with van der Waals surface area (Å²) < 4.78 is 61.4. The first kappa shape index (κ1) is 24.6. The van der Waals surface area contributed by atoms with Gasteiger partial charge in [-0.15, -0.1) is 0 Å². The zero-order chi connectivity index (χ0) is 25.3. The Bertz CT molecular complexity index is 1520. The molecule has 8 nitrogen and oxygen atoms in total. The Morgan fingerprint density at radius 3 is 1.89 bits per heavy atom. The van der Waals surface area contributed by atoms with Gasteiger partial charge in [-0.2, -0.15) is 0 Å². The van der Waals surface area contributed by atoms with Gasteiger partial charge in [0.1, 0.15) is 0 Å². The van der Waals surface area contributed by atoms with Gasteiger partial charge >= 0.3 is 0 Å². The topological polar surface area (TPSA) is 118 Å². The lowest BCUT2D eigenvalue weighted by molar-refractivity contribution is 0.491. The highest BCUT2D eigenvalue weighted by Gasteiger charge is 2.22. The van der Waals surface area contributed by atoms with E-state index in [0.717, 1.165) is 5.56 Å². The summed E-state index contributed by atoms with van der Waals surface area (Å²) in [7, 11) is -7.61. The summed E-state index contributed by atoms with van der Waals surface area (Å²) in [5.74, 6) is 0.989. The number of oxazole rings is 1. The van der Waals surface area contributed by atoms with Gasteiger partial charge in [0.05, 0.1) is 16.0 Å². The molecule has 0 fully saturated rings. The van der Waals surface area contributed by atoms with Crippen molar-refractivity contribution in [1.82, 2.24) is 9.71 Å². The van der Waals surface area contributed by atoms with E-state index in [0.29, 0.717) is 17.2 Å². The Morgan fingerprint density at radius 2 is 1.29 bits per heavy atom. The van der Waals surface area contributed by atoms with Gasteiger partial charge in [-0.25, -0.2) is 26.5 Å². The summed E-state index contributed by atoms with van der Waals surface area (Å²) >= 11 is 0. The van der Waals surface area contributed by atoms with Crippen LogP contribution < -0.4 is 9.44 Å². The number of anilines is 1. The van der Waals surface area contributed by atoms with E-state index in [2.05, 4.69) is 14.4 Å². The van der Waals surface area contributed by atoms with Crippen LogP contribution in [0.25, 0.3) is 22.8 Å². The second-order valence-corrected chi connectivity index (χ2v) is 12.3. The molecule has 182 valence electrons. The molecule has 0 atom stereocenters. The van der Waals surface area contributed by atoms with Gasteiger partial charge in [0.2, 0.25) is 15.9 Å². The standard InChI is InChI=1S/C25H25N3O5S2/c1-25(2,3)28-35(31,32)22-15-11-20(12-16-22)27-34(29,30)21-13-9-19(10-14-21)24-26-17-23(33-24)18-7-5-4-6-8-18/h4-17,27-28H,1-3H3. The summed E-state index contributed by atoms with van der Waals surface area (Å²) in [5, 5.41) is 0. The van der Waals surface area contributed by atoms with Gasteiger partial charge in [-0.3, -0.25) is 4.72 Å². The summed E-state index contributed by atoms with van der Waals surface area (Å²) in [6, 6.07) is 21.2. The molecular formula is C25H25N3O5S2. The van der Waals surface area contributed by atoms with Crippen LogP contribution in [0.4, 0.5) is 5.69 Å². The molecule has 0 aliphatic carbocycles. The van der Waals surface area contributed by atoms with Gasteiger partial charge in [-0.1, -0.05) is 30.3 Å². The van der Waals surface area contributed by atoms with Crippen LogP contribution in [0.3, 0.4) is 0 Å². The normalized spacial score (nSPS) is 12.4. The Balaban J connectivity index is 1.48. The van der Waals surface area contributed by atoms with Gasteiger partial charge in [0.25, 0.3) is 10.0 Å². The minimum absolute atomic E-state index is 0.0422. The van der Waals surface area contributed by atoms with Crippen LogP contribution >= 0.6 is 0 Å². The van der Waals surface area contributed by atoms with Crippen LogP contribution in [0, 0.1) is 0 Å². The first-order valence-corrected chi connectivity index (χ1v) is 13.7. The number of hydrogen-bond acceptors (Lipinski definition) is 6. The van der Waals surface area contributed by atoms with E-state index in [1.54, 1.807) is 39.1 Å². The zero-order valence-corrected chi connectivity index (χ0v) is 21.0. The van der Waals surface area contributed by atoms with E-state index < -0.39 is 25.6 Å². The highest BCUT2D eigenvalue weighted by molar-refractivity contribution is 7.92. The molecular weight excluding hydrogens is 486 g/mol. The maximum absolute atomic E-state index is 12.8. The first-order chi connectivity index (χ1) is 16.4. The molecule has 0 aliphatic heterocycles. The molecule has 1 aromatic heterocycles. The van der Waals surface area contributed by atoms with Gasteiger partial charge in [0.15, 0.2) is 5.76 Å². The second kappa shape index (κ2) is 9.29. The van der Waals surface area contributed by atoms with Crippen molar-refractivity contribution in [2.75, 3.05) is 4.72 Å². The van der Waals surface area contributed by atoms with Crippen molar-refractivity contribution >= 4 is 25.7 Å². The number of benzene rings is 3. The quantitative estimate of drug-likeness (QED) is 0.365. The average molecular weight is 512 g/mol. The van der Waals surface area contributed by atoms with Crippen LogP contribution in [0.15, 0.2) is 99.3 Å². The fraction of sp³-hybridized carbons (Fsp3) is 0.160. The van der Waals surface area contributed by atoms with E-state index in [4.69, 9.17) is 4.42 Å². The first-order valence-electron chi connectivity index (χ1n) is 10.7. The largest absolute Gasteiger partial charge is 0.436 e. The van der Waals surface area contributed by atoms with Gasteiger partial charge in [-0.05, 0) is 69.3 Å². The fourth-order valence-electron chi connectivity index (χ4n) is 3.30. The Labute approximate surface area is 205 Å². The molecule has 0 amide bonds. The van der Waals surface area contributed by atoms with E-state index >= 15 is 0 Å². The highest BCUT2D eigenvalue weighted by atomic mass is 32.2. The fourth-order valence-corrected chi connectivity index (χ4v) is 5.78. The molecule has 0 spiro atoms. The van der Waals surface area contributed by atoms with Crippen molar-refractivity contribution < 1.29 is 21.3 Å². The molecule has 0 bridgehead atoms. The molecule has 10 heteroatoms. The maximum Gasteiger partial charge on any atom is 0.261 e. The molecule has 35 heavy (non-hydrogen) atoms. The third kappa shape index (κ3) is 5.97. The number of nitrogens with zero attached hydrogens (tertiary/aromatic N) is 1. The third-order valence-electron chi connectivity index (χ3n) is 4.83. The lowest BCUT2D eigenvalue weighted by atomic mass is 10.1. The molecule has 0 unspecified atom stereocenters. The third-order valence-corrected chi connectivity index (χ3v) is 8.00. The summed E-state index contributed by atoms with van der Waals surface area (Å²) in [5.41, 5.74) is 1.12. The van der Waals surface area contributed by atoms with Crippen molar-refractivity contribution in [2.45, 2.75) is 36.1 Å². The van der Waals surface area contributed by atoms with Crippen LogP contribution in [0.1, 0.15) is 20.8 Å². The summed E-state index contributed by atoms with van der Waals surface area (Å²) in [6.45, 7) is 5.22. The second-order valence-electron chi connectivity index (χ2n) is 8.91. The lowest BCUT2D eigenvalue weighted by Crippen LogP contribution is -2.40. The highest BCUT2D eigenvalue weighted by Crippen LogP contribution is 2.27. The smallest absolute Gasteiger partial charge is 0.261 e. The number of aromatic nitrogens is 1. The van der Waals surface area contributed by atoms with Crippen molar-refractivity contribution in [1.29, 1.82) is 0 Å². The van der Waals surface area contributed by atoms with E-state index in [9.17, 15) is 16.8 Å². The van der Waals surface area contributed by atoms with Crippen LogP contribution in [-0.2, 0) is 20.0 Å². The minimum Gasteiger partial charge on any atom is -0.436 e. The number of sulfonamides is 2. The van der Waals surface area contributed by atoms with Crippen LogP contribution in [0.2, 0.25) is 0 Å². The van der Waals surface area contributed by atoms with E-state index in [1.807, 2.05) is 30.3 Å². The van der Waals surface area contributed by atoms with Crippen molar-refractivity contribution in [3.63, 3.8) is 0 Å². The molecule has 2 N–H and O–H groups in total. The number of rotatable bonds is 7. The molecule has 4 rings (SSSR count). The predicted octanol–water partition coefficient (Wildman–Crippen LogP) is 4.89. The molecule has 3 aromatic carbocycles. The monoisotopic (exact) mass is 511 g/mol. The van der Waals surface area contributed by atoms with E-state index in [1.165, 1.54) is 36.4 Å². The molecule has 1 heterocycles. The van der Waals surface area contributed by atoms with E-state index in [-0.39, 0.29) is 15.5 Å². The molecule has 0 saturated carbocycles. The van der Waals surface area contributed by atoms with Crippen LogP contribution in [-0.4, -0.2) is 27.4 Å². The van der Waals surface area contributed by atoms with Gasteiger partial charge in [0, 0.05) is 22.4 Å². The SMILES string of the molecule is CC(C)(C)NS(=O)(=O)c1ccc(NS(=O)(=O)c2ccc(-c3ncc(-c4ccccc4)o3)cc2)cc1. The Kier molecular flexibility index (Phi) is 6.54. The number of nitrogens with one attached hydrogen (secondary N) is 2. The molecule has 0 aliphatic rings. The molecule has 4 aromatic rings. The number of hydrogen-bond donors (Lipinski definition) is 2. The molecule has 0 saturated heterocycles. The zero-order valence-electron chi connectivity index (χ0n) is 19.4. The predicted molar refractivity (Wildman–Crippen MR) is 135 cm³/mol. The Morgan fingerprint density at radius 1 is 0.714 bits per heavy atom. The van der Waals surface area contributed by atoms with Crippen molar-refractivity contribution in [2.24, 2.45) is 0 Å². The lowest BCUT2D eigenvalue weighted by Gasteiger charge is -2.20. The molecule has 0 radical (unpaired) electrons. The van der Waals surface area contributed by atoms with Crippen molar-refractivity contribution in [3.05, 3.63) is 85.1 Å². The van der Waals surface area contributed by atoms with Crippen LogP contribution in [0.5, 0.6) is 0 Å². The average Bonchev–Trinajstić information content (AvgIpc) is 3.29. The summed E-state index contributed by atoms with van der Waals surface area (Å²) in [6.07, 6.45) is 1.62. The van der Waals surface area contributed by atoms with Gasteiger partial charge < -0.3 is 4.42 Å². The van der Waals surface area contributed by atoms with Crippen molar-refractivity contribution in [3.8, 4) is 22.8 Å². The Hall–Kier alpha value is -3.47. The summed E-state index contributed by atoms with van der Waals surface area (Å²) in [4.78, 5) is 4.37. The maximum atomic E-state index is 12.8.